The number of rotatable bonds is 11. The summed E-state index contributed by atoms with van der Waals surface area (Å²) in [6.45, 7) is -1.61. The first-order valence-corrected chi connectivity index (χ1v) is 12.6. The number of halogens is 3. The van der Waals surface area contributed by atoms with Gasteiger partial charge in [-0.2, -0.15) is 13.2 Å². The first-order valence-electron chi connectivity index (χ1n) is 12.6. The fraction of sp³-hybridized carbons (Fsp3) is 0.167. The van der Waals surface area contributed by atoms with Crippen molar-refractivity contribution in [2.24, 2.45) is 0 Å². The van der Waals surface area contributed by atoms with Crippen molar-refractivity contribution in [3.63, 3.8) is 0 Å². The number of hydrogen-bond donors (Lipinski definition) is 0. The van der Waals surface area contributed by atoms with Crippen molar-refractivity contribution in [3.8, 4) is 22.3 Å². The molecule has 4 rings (SSSR count). The molecule has 9 nitrogen and oxygen atoms in total. The van der Waals surface area contributed by atoms with Crippen molar-refractivity contribution < 1.29 is 41.9 Å². The molecule has 2 aromatic carbocycles. The molecule has 0 fully saturated rings. The zero-order chi connectivity index (χ0) is 30.0. The van der Waals surface area contributed by atoms with E-state index >= 15 is 0 Å². The lowest BCUT2D eigenvalue weighted by molar-refractivity contribution is -0.240. The van der Waals surface area contributed by atoms with E-state index in [1.54, 1.807) is 97.6 Å². The Morgan fingerprint density at radius 3 is 1.31 bits per heavy atom. The van der Waals surface area contributed by atoms with Crippen molar-refractivity contribution >= 4 is 17.9 Å². The number of ether oxygens (including phenoxy) is 2. The van der Waals surface area contributed by atoms with Gasteiger partial charge in [-0.3, -0.25) is 9.97 Å². The number of esters is 2. The molecule has 2 aromatic heterocycles. The summed E-state index contributed by atoms with van der Waals surface area (Å²) in [6.07, 6.45) is 1.29. The summed E-state index contributed by atoms with van der Waals surface area (Å²) >= 11 is 0. The molecule has 0 spiro atoms. The van der Waals surface area contributed by atoms with E-state index < -0.39 is 50.4 Å². The van der Waals surface area contributed by atoms with Crippen LogP contribution in [0.4, 0.5) is 13.2 Å². The zero-order valence-corrected chi connectivity index (χ0v) is 22.0. The van der Waals surface area contributed by atoms with Crippen LogP contribution in [-0.2, 0) is 19.1 Å². The van der Waals surface area contributed by atoms with Gasteiger partial charge < -0.3 is 14.3 Å². The third-order valence-corrected chi connectivity index (χ3v) is 5.86. The Morgan fingerprint density at radius 1 is 0.595 bits per heavy atom. The zero-order valence-electron chi connectivity index (χ0n) is 22.0. The second kappa shape index (κ2) is 14.0. The molecule has 0 amide bonds. The second-order valence-electron chi connectivity index (χ2n) is 8.70. The summed E-state index contributed by atoms with van der Waals surface area (Å²) in [7, 11) is 0. The maximum absolute atomic E-state index is 12.8. The highest BCUT2D eigenvalue weighted by Crippen LogP contribution is 2.21. The van der Waals surface area contributed by atoms with Gasteiger partial charge in [0.25, 0.3) is 0 Å². The summed E-state index contributed by atoms with van der Waals surface area (Å²) < 4.78 is 48.6. The summed E-state index contributed by atoms with van der Waals surface area (Å²) in [5.74, 6) is -3.90. The number of carbonyl (C=O) groups is 3. The molecule has 216 valence electrons. The van der Waals surface area contributed by atoms with Crippen LogP contribution in [-0.4, -0.2) is 65.4 Å². The molecule has 12 heteroatoms. The van der Waals surface area contributed by atoms with Gasteiger partial charge in [-0.05, 0) is 70.8 Å². The van der Waals surface area contributed by atoms with Gasteiger partial charge >= 0.3 is 24.1 Å². The van der Waals surface area contributed by atoms with Crippen LogP contribution in [0.15, 0.2) is 97.6 Å². The molecule has 0 saturated heterocycles. The van der Waals surface area contributed by atoms with Crippen LogP contribution < -0.4 is 0 Å². The largest absolute Gasteiger partial charge is 0.492 e. The van der Waals surface area contributed by atoms with Crippen molar-refractivity contribution in [1.82, 2.24) is 15.0 Å². The number of carbonyl (C=O) groups excluding carboxylic acids is 3. The highest BCUT2D eigenvalue weighted by molar-refractivity contribution is 5.90. The Bertz CT molecular complexity index is 1380. The van der Waals surface area contributed by atoms with Gasteiger partial charge in [-0.15, -0.1) is 5.06 Å². The number of nitrogens with zero attached hydrogens (tertiary/aromatic N) is 3. The average molecular weight is 580 g/mol. The molecule has 0 aliphatic carbocycles. The third kappa shape index (κ3) is 8.45. The Hall–Kier alpha value is -5.10. The topological polar surface area (TPSA) is 108 Å². The van der Waals surface area contributed by atoms with Crippen LogP contribution in [0.2, 0.25) is 0 Å². The van der Waals surface area contributed by atoms with E-state index in [0.29, 0.717) is 5.06 Å². The fourth-order valence-electron chi connectivity index (χ4n) is 3.71. The van der Waals surface area contributed by atoms with Gasteiger partial charge in [0, 0.05) is 24.8 Å². The predicted molar refractivity (Wildman–Crippen MR) is 144 cm³/mol. The average Bonchev–Trinajstić information content (AvgIpc) is 3.01. The molecule has 0 aliphatic heterocycles. The first kappa shape index (κ1) is 29.9. The van der Waals surface area contributed by atoms with Crippen LogP contribution >= 0.6 is 0 Å². The number of pyridine rings is 2. The van der Waals surface area contributed by atoms with Crippen LogP contribution in [0.1, 0.15) is 20.7 Å². The van der Waals surface area contributed by atoms with E-state index in [2.05, 4.69) is 14.8 Å². The number of aromatic nitrogens is 2. The second-order valence-corrected chi connectivity index (χ2v) is 8.70. The lowest BCUT2D eigenvalue weighted by Gasteiger charge is -2.21. The van der Waals surface area contributed by atoms with Crippen LogP contribution in [0.5, 0.6) is 0 Å². The van der Waals surface area contributed by atoms with Gasteiger partial charge in [-0.1, -0.05) is 24.3 Å². The lowest BCUT2D eigenvalue weighted by atomic mass is 10.1. The van der Waals surface area contributed by atoms with Crippen LogP contribution in [0.25, 0.3) is 22.3 Å². The lowest BCUT2D eigenvalue weighted by Crippen LogP contribution is -2.38. The molecule has 2 heterocycles. The molecule has 4 aromatic rings. The Labute approximate surface area is 238 Å². The minimum atomic E-state index is -5.25. The van der Waals surface area contributed by atoms with Gasteiger partial charge in [0.2, 0.25) is 0 Å². The molecule has 0 unspecified atom stereocenters. The smallest absolute Gasteiger partial charge is 0.461 e. The molecule has 0 atom stereocenters. The van der Waals surface area contributed by atoms with Gasteiger partial charge in [0.15, 0.2) is 0 Å². The molecule has 42 heavy (non-hydrogen) atoms. The van der Waals surface area contributed by atoms with Crippen molar-refractivity contribution in [3.05, 3.63) is 109 Å². The van der Waals surface area contributed by atoms with Crippen LogP contribution in [0, 0.1) is 0 Å². The highest BCUT2D eigenvalue weighted by Gasteiger charge is 2.42. The first-order chi connectivity index (χ1) is 20.2. The molecule has 0 N–H and O–H groups in total. The van der Waals surface area contributed by atoms with E-state index in [1.165, 1.54) is 0 Å². The molecular formula is C30H24F3N3O6. The number of alkyl halides is 3. The molecule has 0 bridgehead atoms. The molecule has 0 aliphatic rings. The van der Waals surface area contributed by atoms with E-state index in [9.17, 15) is 27.6 Å². The summed E-state index contributed by atoms with van der Waals surface area (Å²) in [6, 6.07) is 20.3. The minimum Gasteiger partial charge on any atom is -0.461 e. The molecule has 0 radical (unpaired) electrons. The summed E-state index contributed by atoms with van der Waals surface area (Å²) in [5, 5.41) is 0.620. The molecule has 0 saturated carbocycles. The highest BCUT2D eigenvalue weighted by atomic mass is 19.4. The minimum absolute atomic E-state index is 0.218. The number of hydroxylamine groups is 2. The van der Waals surface area contributed by atoms with Gasteiger partial charge in [0.1, 0.15) is 13.2 Å². The van der Waals surface area contributed by atoms with Crippen molar-refractivity contribution in [1.29, 1.82) is 0 Å². The Kier molecular flexibility index (Phi) is 9.95. The SMILES string of the molecule is O=C(OCCN(CCOC(=O)c1ccc(-c2ccncc2)cc1)OC(=O)C(F)(F)F)c1ccc(-c2ccncc2)cc1. The van der Waals surface area contributed by atoms with Crippen LogP contribution in [0.3, 0.4) is 0 Å². The van der Waals surface area contributed by atoms with E-state index in [-0.39, 0.29) is 11.1 Å². The monoisotopic (exact) mass is 579 g/mol. The maximum atomic E-state index is 12.8. The standard InChI is InChI=1S/C30H24F3N3O6/c31-30(32,33)29(39)42-36(17-19-40-27(37)25-5-1-21(2-6-25)23-9-13-34-14-10-23)18-20-41-28(38)26-7-3-22(4-8-26)24-11-15-35-16-12-24/h1-16H,17-20H2. The van der Waals surface area contributed by atoms with Gasteiger partial charge in [0.05, 0.1) is 24.2 Å². The number of benzene rings is 2. The van der Waals surface area contributed by atoms with E-state index in [4.69, 9.17) is 9.47 Å². The van der Waals surface area contributed by atoms with E-state index in [0.717, 1.165) is 22.3 Å². The summed E-state index contributed by atoms with van der Waals surface area (Å²) in [4.78, 5) is 48.5. The third-order valence-electron chi connectivity index (χ3n) is 5.86. The fourth-order valence-corrected chi connectivity index (χ4v) is 3.71. The summed E-state index contributed by atoms with van der Waals surface area (Å²) in [5.41, 5.74) is 3.92. The Balaban J connectivity index is 1.29. The molecular weight excluding hydrogens is 555 g/mol. The quantitative estimate of drug-likeness (QED) is 0.176. The predicted octanol–water partition coefficient (Wildman–Crippen LogP) is 5.15. The van der Waals surface area contributed by atoms with Gasteiger partial charge in [-0.25, -0.2) is 14.4 Å². The van der Waals surface area contributed by atoms with Crippen molar-refractivity contribution in [2.45, 2.75) is 6.18 Å². The Morgan fingerprint density at radius 2 is 0.952 bits per heavy atom. The number of hydrogen-bond acceptors (Lipinski definition) is 9. The normalized spacial score (nSPS) is 11.1. The van der Waals surface area contributed by atoms with Crippen molar-refractivity contribution in [2.75, 3.05) is 26.3 Å². The van der Waals surface area contributed by atoms with E-state index in [1.807, 2.05) is 0 Å². The maximum Gasteiger partial charge on any atom is 0.492 e.